The maximum absolute atomic E-state index is 12.2. The maximum Gasteiger partial charge on any atom is 0.339 e. The molecule has 0 spiro atoms. The van der Waals surface area contributed by atoms with Gasteiger partial charge in [0.2, 0.25) is 0 Å². The van der Waals surface area contributed by atoms with Crippen molar-refractivity contribution in [2.24, 2.45) is 0 Å². The molecule has 1 amide bonds. The number of amides is 1. The Kier molecular flexibility index (Phi) is 7.11. The summed E-state index contributed by atoms with van der Waals surface area (Å²) in [6.07, 6.45) is 0. The summed E-state index contributed by atoms with van der Waals surface area (Å²) in [5, 5.41) is 3.11. The number of nitrogens with zero attached hydrogens (tertiary/aromatic N) is 1. The molecule has 8 heteroatoms. The Labute approximate surface area is 160 Å². The molecular formula is C17H16Cl2N2O3S. The first-order valence-electron chi connectivity index (χ1n) is 7.43. The van der Waals surface area contributed by atoms with Crippen molar-refractivity contribution in [3.8, 4) is 0 Å². The number of carbonyl (C=O) groups is 2. The lowest BCUT2D eigenvalue weighted by atomic mass is 10.2. The third kappa shape index (κ3) is 5.36. The Morgan fingerprint density at radius 1 is 1.24 bits per heavy atom. The van der Waals surface area contributed by atoms with Gasteiger partial charge in [-0.25, -0.2) is 9.78 Å². The number of pyridine rings is 1. The van der Waals surface area contributed by atoms with Gasteiger partial charge >= 0.3 is 5.97 Å². The summed E-state index contributed by atoms with van der Waals surface area (Å²) in [5.41, 5.74) is 0.963. The number of benzene rings is 1. The van der Waals surface area contributed by atoms with Crippen LogP contribution in [0.3, 0.4) is 0 Å². The summed E-state index contributed by atoms with van der Waals surface area (Å²) < 4.78 is 5.08. The molecule has 0 aliphatic carbocycles. The first kappa shape index (κ1) is 19.6. The van der Waals surface area contributed by atoms with Crippen molar-refractivity contribution >= 4 is 52.7 Å². The SMILES string of the molecule is CCSc1ccccc1C(=O)OCC(=O)Nc1nc(C)c(Cl)cc1Cl. The molecule has 1 N–H and O–H groups in total. The van der Waals surface area contributed by atoms with E-state index in [1.807, 2.05) is 19.1 Å². The smallest absolute Gasteiger partial charge is 0.339 e. The topological polar surface area (TPSA) is 68.3 Å². The molecule has 0 aliphatic heterocycles. The number of hydrogen-bond donors (Lipinski definition) is 1. The van der Waals surface area contributed by atoms with Gasteiger partial charge in [-0.3, -0.25) is 4.79 Å². The van der Waals surface area contributed by atoms with Crippen molar-refractivity contribution < 1.29 is 14.3 Å². The standard InChI is InChI=1S/C17H16Cl2N2O3S/c1-3-25-14-7-5-4-6-11(14)17(23)24-9-15(22)21-16-13(19)8-12(18)10(2)20-16/h4-8H,3,9H2,1-2H3,(H,20,21,22). The Morgan fingerprint density at radius 2 is 1.96 bits per heavy atom. The Bertz CT molecular complexity index is 799. The fourth-order valence-corrected chi connectivity index (χ4v) is 3.14. The molecule has 5 nitrogen and oxygen atoms in total. The molecule has 2 rings (SSSR count). The molecule has 0 saturated carbocycles. The highest BCUT2D eigenvalue weighted by Crippen LogP contribution is 2.26. The second kappa shape index (κ2) is 9.08. The first-order chi connectivity index (χ1) is 11.9. The normalized spacial score (nSPS) is 10.4. The summed E-state index contributed by atoms with van der Waals surface area (Å²) >= 11 is 13.4. The van der Waals surface area contributed by atoms with E-state index in [1.54, 1.807) is 19.1 Å². The van der Waals surface area contributed by atoms with Crippen LogP contribution in [-0.4, -0.2) is 29.2 Å². The fraction of sp³-hybridized carbons (Fsp3) is 0.235. The number of nitrogens with one attached hydrogen (secondary N) is 1. The number of thioether (sulfide) groups is 1. The highest BCUT2D eigenvalue weighted by atomic mass is 35.5. The lowest BCUT2D eigenvalue weighted by Crippen LogP contribution is -2.22. The van der Waals surface area contributed by atoms with Crippen molar-refractivity contribution in [2.45, 2.75) is 18.7 Å². The van der Waals surface area contributed by atoms with Crippen LogP contribution < -0.4 is 5.32 Å². The van der Waals surface area contributed by atoms with E-state index in [2.05, 4.69) is 10.3 Å². The summed E-state index contributed by atoms with van der Waals surface area (Å²) in [7, 11) is 0. The van der Waals surface area contributed by atoms with Crippen LogP contribution in [0.25, 0.3) is 0 Å². The molecule has 1 aromatic carbocycles. The van der Waals surface area contributed by atoms with Gasteiger partial charge in [0.1, 0.15) is 0 Å². The molecule has 25 heavy (non-hydrogen) atoms. The van der Waals surface area contributed by atoms with E-state index in [9.17, 15) is 9.59 Å². The minimum atomic E-state index is -0.557. The molecule has 0 unspecified atom stereocenters. The van der Waals surface area contributed by atoms with Crippen LogP contribution in [-0.2, 0) is 9.53 Å². The van der Waals surface area contributed by atoms with Crippen molar-refractivity contribution in [1.82, 2.24) is 4.98 Å². The van der Waals surface area contributed by atoms with E-state index in [1.165, 1.54) is 17.8 Å². The van der Waals surface area contributed by atoms with Gasteiger partial charge in [0, 0.05) is 4.90 Å². The molecular weight excluding hydrogens is 383 g/mol. The van der Waals surface area contributed by atoms with Crippen LogP contribution in [0.2, 0.25) is 10.0 Å². The number of esters is 1. The highest BCUT2D eigenvalue weighted by Gasteiger charge is 2.15. The van der Waals surface area contributed by atoms with Crippen LogP contribution >= 0.6 is 35.0 Å². The van der Waals surface area contributed by atoms with E-state index in [0.29, 0.717) is 16.3 Å². The van der Waals surface area contributed by atoms with Crippen LogP contribution in [0.5, 0.6) is 0 Å². The number of aryl methyl sites for hydroxylation is 1. The van der Waals surface area contributed by atoms with E-state index in [0.717, 1.165) is 10.6 Å². The van der Waals surface area contributed by atoms with Gasteiger partial charge in [0.15, 0.2) is 12.4 Å². The van der Waals surface area contributed by atoms with Gasteiger partial charge < -0.3 is 10.1 Å². The van der Waals surface area contributed by atoms with Gasteiger partial charge in [-0.1, -0.05) is 42.3 Å². The summed E-state index contributed by atoms with van der Waals surface area (Å²) in [5.74, 6) is -0.0973. The monoisotopic (exact) mass is 398 g/mol. The molecule has 0 fully saturated rings. The third-order valence-corrected chi connectivity index (χ3v) is 4.73. The first-order valence-corrected chi connectivity index (χ1v) is 9.18. The Morgan fingerprint density at radius 3 is 2.68 bits per heavy atom. The largest absolute Gasteiger partial charge is 0.452 e. The van der Waals surface area contributed by atoms with E-state index in [4.69, 9.17) is 27.9 Å². The number of halogens is 2. The minimum absolute atomic E-state index is 0.173. The molecule has 0 radical (unpaired) electrons. The van der Waals surface area contributed by atoms with Gasteiger partial charge in [-0.15, -0.1) is 11.8 Å². The average Bonchev–Trinajstić information content (AvgIpc) is 2.58. The number of carbonyl (C=O) groups excluding carboxylic acids is 2. The molecule has 0 saturated heterocycles. The van der Waals surface area contributed by atoms with E-state index >= 15 is 0 Å². The summed E-state index contributed by atoms with van der Waals surface area (Å²) in [6.45, 7) is 3.24. The number of aromatic nitrogens is 1. The molecule has 0 atom stereocenters. The Hall–Kier alpha value is -1.76. The van der Waals surface area contributed by atoms with Crippen molar-refractivity contribution in [1.29, 1.82) is 0 Å². The van der Waals surface area contributed by atoms with Crippen LogP contribution in [0, 0.1) is 6.92 Å². The molecule has 0 aliphatic rings. The predicted octanol–water partition coefficient (Wildman–Crippen LogP) is 4.60. The summed E-state index contributed by atoms with van der Waals surface area (Å²) in [6, 6.07) is 8.59. The lowest BCUT2D eigenvalue weighted by molar-refractivity contribution is -0.119. The maximum atomic E-state index is 12.2. The fourth-order valence-electron chi connectivity index (χ4n) is 1.94. The predicted molar refractivity (Wildman–Crippen MR) is 101 cm³/mol. The van der Waals surface area contributed by atoms with Gasteiger partial charge in [0.25, 0.3) is 5.91 Å². The number of anilines is 1. The molecule has 2 aromatic rings. The second-order valence-electron chi connectivity index (χ2n) is 4.94. The number of hydrogen-bond acceptors (Lipinski definition) is 5. The van der Waals surface area contributed by atoms with Crippen molar-refractivity contribution in [3.05, 3.63) is 51.6 Å². The highest BCUT2D eigenvalue weighted by molar-refractivity contribution is 7.99. The van der Waals surface area contributed by atoms with Crippen LogP contribution in [0.1, 0.15) is 23.0 Å². The lowest BCUT2D eigenvalue weighted by Gasteiger charge is -2.10. The van der Waals surface area contributed by atoms with Crippen molar-refractivity contribution in [2.75, 3.05) is 17.7 Å². The zero-order valence-corrected chi connectivity index (χ0v) is 16.0. The number of rotatable bonds is 6. The van der Waals surface area contributed by atoms with E-state index < -0.39 is 18.5 Å². The number of ether oxygens (including phenoxy) is 1. The second-order valence-corrected chi connectivity index (χ2v) is 7.06. The van der Waals surface area contributed by atoms with E-state index in [-0.39, 0.29) is 10.8 Å². The molecule has 0 bridgehead atoms. The molecule has 1 heterocycles. The zero-order valence-electron chi connectivity index (χ0n) is 13.6. The van der Waals surface area contributed by atoms with Crippen LogP contribution in [0.4, 0.5) is 5.82 Å². The summed E-state index contributed by atoms with van der Waals surface area (Å²) in [4.78, 5) is 29.1. The molecule has 132 valence electrons. The quantitative estimate of drug-likeness (QED) is 0.568. The van der Waals surface area contributed by atoms with Crippen molar-refractivity contribution in [3.63, 3.8) is 0 Å². The van der Waals surface area contributed by atoms with Gasteiger partial charge in [0.05, 0.1) is 21.3 Å². The minimum Gasteiger partial charge on any atom is -0.452 e. The van der Waals surface area contributed by atoms with Gasteiger partial charge in [-0.2, -0.15) is 0 Å². The van der Waals surface area contributed by atoms with Gasteiger partial charge in [-0.05, 0) is 30.9 Å². The van der Waals surface area contributed by atoms with Crippen LogP contribution in [0.15, 0.2) is 35.2 Å². The Balaban J connectivity index is 1.98. The average molecular weight is 399 g/mol. The third-order valence-electron chi connectivity index (χ3n) is 3.10. The zero-order chi connectivity index (χ0) is 18.4. The molecule has 1 aromatic heterocycles.